The van der Waals surface area contributed by atoms with Gasteiger partial charge in [0, 0.05) is 28.5 Å². The Kier molecular flexibility index (Phi) is 6.66. The van der Waals surface area contributed by atoms with E-state index in [0.29, 0.717) is 42.7 Å². The van der Waals surface area contributed by atoms with Gasteiger partial charge in [-0.2, -0.15) is 0 Å². The second-order valence-electron chi connectivity index (χ2n) is 11.2. The maximum atomic E-state index is 16.1. The monoisotopic (exact) mass is 535 g/mol. The van der Waals surface area contributed by atoms with E-state index < -0.39 is 33.4 Å². The van der Waals surface area contributed by atoms with Crippen molar-refractivity contribution in [1.82, 2.24) is 5.32 Å². The van der Waals surface area contributed by atoms with Gasteiger partial charge in [-0.15, -0.1) is 0 Å². The largest absolute Gasteiger partial charge is 0.494 e. The summed E-state index contributed by atoms with van der Waals surface area (Å²) in [5, 5.41) is 15.6. The number of hydrogen-bond acceptors (Lipinski definition) is 6. The fourth-order valence-electron chi connectivity index (χ4n) is 6.16. The third kappa shape index (κ3) is 4.25. The Morgan fingerprint density at radius 1 is 1.10 bits per heavy atom. The molecule has 1 spiro atoms. The van der Waals surface area contributed by atoms with Crippen LogP contribution < -0.4 is 15.0 Å². The van der Waals surface area contributed by atoms with Gasteiger partial charge in [-0.05, 0) is 55.3 Å². The molecule has 204 valence electrons. The number of nitro benzene ring substituents is 1. The summed E-state index contributed by atoms with van der Waals surface area (Å²) in [5.41, 5.74) is 0.0532. The van der Waals surface area contributed by atoms with Gasteiger partial charge in [-0.25, -0.2) is 8.78 Å². The number of nitrogens with zero attached hydrogens (tertiary/aromatic N) is 2. The molecule has 1 atom stereocenters. The van der Waals surface area contributed by atoms with Gasteiger partial charge in [0.15, 0.2) is 5.78 Å². The van der Waals surface area contributed by atoms with E-state index in [9.17, 15) is 19.3 Å². The molecule has 1 unspecified atom stereocenters. The van der Waals surface area contributed by atoms with Crippen LogP contribution in [0.1, 0.15) is 39.2 Å². The number of rotatable bonds is 5. The van der Waals surface area contributed by atoms with E-state index in [1.165, 1.54) is 43.5 Å². The molecular formula is C30H31F2N3O4. The number of nitrogens with one attached hydrogen (secondary N) is 1. The van der Waals surface area contributed by atoms with Crippen molar-refractivity contribution in [2.45, 2.75) is 45.1 Å². The molecule has 0 bridgehead atoms. The maximum Gasteiger partial charge on any atom is 0.292 e. The second-order valence-corrected chi connectivity index (χ2v) is 11.2. The van der Waals surface area contributed by atoms with E-state index in [1.807, 2.05) is 20.8 Å². The van der Waals surface area contributed by atoms with Crippen molar-refractivity contribution in [3.8, 4) is 16.9 Å². The van der Waals surface area contributed by atoms with Crippen LogP contribution in [0.4, 0.5) is 25.8 Å². The lowest BCUT2D eigenvalue weighted by atomic mass is 9.64. The number of piperidine rings is 1. The van der Waals surface area contributed by atoms with Gasteiger partial charge in [-0.1, -0.05) is 45.0 Å². The number of nitro groups is 1. The topological polar surface area (TPSA) is 84.7 Å². The number of Topliss-reactive ketones (excluding diaryl/α,β-unsaturated/α-hetero) is 1. The van der Waals surface area contributed by atoms with E-state index >= 15 is 4.39 Å². The Morgan fingerprint density at radius 2 is 1.74 bits per heavy atom. The Balaban J connectivity index is 1.95. The molecule has 9 heteroatoms. The molecule has 0 aliphatic carbocycles. The molecule has 2 heterocycles. The normalized spacial score (nSPS) is 18.2. The highest BCUT2D eigenvalue weighted by Gasteiger charge is 2.59. The summed E-state index contributed by atoms with van der Waals surface area (Å²) in [6.45, 7) is 6.61. The third-order valence-electron chi connectivity index (χ3n) is 7.91. The lowest BCUT2D eigenvalue weighted by Crippen LogP contribution is -2.56. The van der Waals surface area contributed by atoms with Crippen LogP contribution >= 0.6 is 0 Å². The Labute approximate surface area is 225 Å². The van der Waals surface area contributed by atoms with Crippen LogP contribution in [0.15, 0.2) is 54.6 Å². The fourth-order valence-corrected chi connectivity index (χ4v) is 6.16. The number of halogens is 2. The molecule has 0 aromatic heterocycles. The number of methoxy groups -OCH3 is 1. The molecule has 7 nitrogen and oxygen atoms in total. The van der Waals surface area contributed by atoms with Gasteiger partial charge in [0.1, 0.15) is 29.1 Å². The number of benzene rings is 3. The highest BCUT2D eigenvalue weighted by atomic mass is 19.1. The number of anilines is 2. The molecule has 1 N–H and O–H groups in total. The number of carbonyl (C=O) groups excluding carboxylic acids is 1. The van der Waals surface area contributed by atoms with E-state index in [-0.39, 0.29) is 28.5 Å². The number of carbonyl (C=O) groups is 1. The first-order valence-electron chi connectivity index (χ1n) is 13.0. The van der Waals surface area contributed by atoms with Gasteiger partial charge >= 0.3 is 0 Å². The van der Waals surface area contributed by atoms with Crippen molar-refractivity contribution >= 4 is 22.8 Å². The maximum absolute atomic E-state index is 16.1. The van der Waals surface area contributed by atoms with Crippen LogP contribution in [0.3, 0.4) is 0 Å². The average Bonchev–Trinajstić information content (AvgIpc) is 3.18. The zero-order chi connectivity index (χ0) is 28.1. The van der Waals surface area contributed by atoms with Gasteiger partial charge in [-0.3, -0.25) is 14.9 Å². The summed E-state index contributed by atoms with van der Waals surface area (Å²) in [6, 6.07) is 12.2. The van der Waals surface area contributed by atoms with E-state index in [2.05, 4.69) is 5.32 Å². The number of ether oxygens (including phenoxy) is 1. The molecule has 1 fully saturated rings. The highest BCUT2D eigenvalue weighted by Crippen LogP contribution is 2.61. The molecular weight excluding hydrogens is 504 g/mol. The Bertz CT molecular complexity index is 1440. The Morgan fingerprint density at radius 3 is 2.33 bits per heavy atom. The van der Waals surface area contributed by atoms with Crippen molar-refractivity contribution in [2.75, 3.05) is 25.1 Å². The van der Waals surface area contributed by atoms with Gasteiger partial charge in [0.05, 0.1) is 17.7 Å². The van der Waals surface area contributed by atoms with E-state index in [1.54, 1.807) is 23.1 Å². The molecule has 1 saturated heterocycles. The Hall–Kier alpha value is -3.85. The van der Waals surface area contributed by atoms with Crippen molar-refractivity contribution < 1.29 is 23.2 Å². The zero-order valence-corrected chi connectivity index (χ0v) is 22.4. The molecule has 0 amide bonds. The van der Waals surface area contributed by atoms with E-state index in [4.69, 9.17) is 4.74 Å². The zero-order valence-electron chi connectivity index (χ0n) is 22.4. The number of para-hydroxylation sites is 2. The minimum absolute atomic E-state index is 0.119. The predicted molar refractivity (Wildman–Crippen MR) is 146 cm³/mol. The third-order valence-corrected chi connectivity index (χ3v) is 7.91. The van der Waals surface area contributed by atoms with Gasteiger partial charge in [0.25, 0.3) is 5.69 Å². The molecule has 2 aliphatic heterocycles. The second kappa shape index (κ2) is 9.72. The molecule has 3 aromatic rings. The summed E-state index contributed by atoms with van der Waals surface area (Å²) < 4.78 is 35.7. The van der Waals surface area contributed by atoms with Gasteiger partial charge in [0.2, 0.25) is 0 Å². The molecule has 2 aliphatic rings. The lowest BCUT2D eigenvalue weighted by Gasteiger charge is -2.43. The van der Waals surface area contributed by atoms with Gasteiger partial charge < -0.3 is 15.0 Å². The minimum Gasteiger partial charge on any atom is -0.494 e. The molecule has 3 aromatic carbocycles. The summed E-state index contributed by atoms with van der Waals surface area (Å²) in [5.74, 6) is -0.968. The highest BCUT2D eigenvalue weighted by molar-refractivity contribution is 6.02. The summed E-state index contributed by atoms with van der Waals surface area (Å²) in [4.78, 5) is 27.9. The first-order chi connectivity index (χ1) is 18.5. The average molecular weight is 536 g/mol. The first kappa shape index (κ1) is 26.7. The summed E-state index contributed by atoms with van der Waals surface area (Å²) >= 11 is 0. The number of fused-ring (bicyclic) bond motifs is 2. The summed E-state index contributed by atoms with van der Waals surface area (Å²) in [6.07, 6.45) is 0.981. The smallest absolute Gasteiger partial charge is 0.292 e. The van der Waals surface area contributed by atoms with Crippen LogP contribution in [0.5, 0.6) is 5.75 Å². The first-order valence-corrected chi connectivity index (χ1v) is 13.0. The molecule has 0 saturated carbocycles. The van der Waals surface area contributed by atoms with E-state index in [0.717, 1.165) is 0 Å². The van der Waals surface area contributed by atoms with Crippen molar-refractivity contribution in [3.63, 3.8) is 0 Å². The SMILES string of the molecule is COc1cc(F)c(-c2ccc(F)cc2)c2c1N(c1ccccc1[N+](=O)[O-])C(C(=O)C(C)(C)C)C21CCNCC1. The quantitative estimate of drug-likeness (QED) is 0.305. The van der Waals surface area contributed by atoms with Crippen LogP contribution in [0.25, 0.3) is 11.1 Å². The van der Waals surface area contributed by atoms with Crippen LogP contribution in [0.2, 0.25) is 0 Å². The minimum atomic E-state index is -0.895. The molecule has 5 rings (SSSR count). The van der Waals surface area contributed by atoms with Crippen molar-refractivity contribution in [1.29, 1.82) is 0 Å². The summed E-state index contributed by atoms with van der Waals surface area (Å²) in [7, 11) is 1.41. The van der Waals surface area contributed by atoms with Crippen LogP contribution in [0, 0.1) is 27.2 Å². The van der Waals surface area contributed by atoms with Crippen LogP contribution in [-0.2, 0) is 10.2 Å². The predicted octanol–water partition coefficient (Wildman–Crippen LogP) is 6.31. The van der Waals surface area contributed by atoms with Crippen molar-refractivity contribution in [3.05, 3.63) is 81.9 Å². The molecule has 39 heavy (non-hydrogen) atoms. The lowest BCUT2D eigenvalue weighted by molar-refractivity contribution is -0.384. The van der Waals surface area contributed by atoms with Crippen LogP contribution in [-0.4, -0.2) is 36.9 Å². The molecule has 0 radical (unpaired) electrons. The fraction of sp³-hybridized carbons (Fsp3) is 0.367. The number of hydrogen-bond donors (Lipinski definition) is 1. The number of ketones is 1. The standard InChI is InChI=1S/C30H31F2N3O4/c1-29(2,3)28(36)27-30(13-15-33-16-14-30)25-24(18-9-11-19(31)12-10-18)20(32)17-23(39-4)26(25)34(27)21-7-5-6-8-22(21)35(37)38/h5-12,17,27,33H,13-16H2,1-4H3. The van der Waals surface area contributed by atoms with Crippen molar-refractivity contribution in [2.24, 2.45) is 5.41 Å².